The lowest BCUT2D eigenvalue weighted by molar-refractivity contribution is -0.136. The highest BCUT2D eigenvalue weighted by Gasteiger charge is 2.38. The fraction of sp³-hybridized carbons (Fsp3) is 0.100. The van der Waals surface area contributed by atoms with E-state index in [1.807, 2.05) is 12.1 Å². The van der Waals surface area contributed by atoms with Crippen LogP contribution in [-0.2, 0) is 14.3 Å². The van der Waals surface area contributed by atoms with E-state index in [9.17, 15) is 14.7 Å². The summed E-state index contributed by atoms with van der Waals surface area (Å²) in [7, 11) is 1.27. The van der Waals surface area contributed by atoms with E-state index in [1.165, 1.54) is 24.2 Å². The van der Waals surface area contributed by atoms with E-state index in [4.69, 9.17) is 4.74 Å². The second-order valence-electron chi connectivity index (χ2n) is 5.69. The van der Waals surface area contributed by atoms with Crippen molar-refractivity contribution >= 4 is 39.6 Å². The highest BCUT2D eigenvalue weighted by molar-refractivity contribution is 9.10. The predicted molar refractivity (Wildman–Crippen MR) is 102 cm³/mol. The first kappa shape index (κ1) is 17.9. The highest BCUT2D eigenvalue weighted by atomic mass is 79.9. The molecule has 0 aliphatic carbocycles. The molecule has 2 aromatic rings. The van der Waals surface area contributed by atoms with E-state index < -0.39 is 5.97 Å². The largest absolute Gasteiger partial charge is 0.507 e. The van der Waals surface area contributed by atoms with Gasteiger partial charge < -0.3 is 9.84 Å². The minimum atomic E-state index is -0.602. The van der Waals surface area contributed by atoms with Crippen LogP contribution in [0.5, 0.6) is 5.75 Å². The van der Waals surface area contributed by atoms with Gasteiger partial charge >= 0.3 is 5.97 Å². The fourth-order valence-corrected chi connectivity index (χ4v) is 3.26. The van der Waals surface area contributed by atoms with Crippen LogP contribution < -0.4 is 4.90 Å². The first-order chi connectivity index (χ1) is 12.4. The molecule has 1 heterocycles. The van der Waals surface area contributed by atoms with Crippen LogP contribution in [0.25, 0.3) is 6.08 Å². The summed E-state index contributed by atoms with van der Waals surface area (Å²) in [5.74, 6) is -0.935. The zero-order chi connectivity index (χ0) is 18.8. The van der Waals surface area contributed by atoms with E-state index >= 15 is 0 Å². The zero-order valence-corrected chi connectivity index (χ0v) is 15.8. The third-order valence-corrected chi connectivity index (χ3v) is 4.59. The summed E-state index contributed by atoms with van der Waals surface area (Å²) in [6.45, 7) is 1.69. The summed E-state index contributed by atoms with van der Waals surface area (Å²) >= 11 is 3.39. The molecule has 0 radical (unpaired) electrons. The van der Waals surface area contributed by atoms with E-state index in [0.717, 1.165) is 4.47 Å². The summed E-state index contributed by atoms with van der Waals surface area (Å²) in [5, 5.41) is 10.0. The molecule has 1 aliphatic rings. The van der Waals surface area contributed by atoms with Crippen molar-refractivity contribution in [1.29, 1.82) is 0 Å². The summed E-state index contributed by atoms with van der Waals surface area (Å²) in [4.78, 5) is 26.9. The average Bonchev–Trinajstić information content (AvgIpc) is 2.86. The Morgan fingerprint density at radius 3 is 2.58 bits per heavy atom. The second kappa shape index (κ2) is 7.17. The molecule has 0 aromatic heterocycles. The van der Waals surface area contributed by atoms with Gasteiger partial charge in [-0.1, -0.05) is 40.2 Å². The standard InChI is InChI=1S/C20H16BrNO4/c1-12-18(20(25)26-2)16(10-13-6-3-4-9-17(13)23)19(24)22(12)15-8-5-7-14(21)11-15/h3-11,23H,1-2H3/b16-10-. The van der Waals surface area contributed by atoms with Crippen molar-refractivity contribution in [3.63, 3.8) is 0 Å². The van der Waals surface area contributed by atoms with Crippen molar-refractivity contribution in [2.75, 3.05) is 12.0 Å². The Bertz CT molecular complexity index is 962. The Labute approximate surface area is 159 Å². The van der Waals surface area contributed by atoms with Crippen LogP contribution in [0.15, 0.2) is 69.8 Å². The molecule has 0 atom stereocenters. The van der Waals surface area contributed by atoms with Gasteiger partial charge in [0.15, 0.2) is 0 Å². The van der Waals surface area contributed by atoms with Crippen LogP contribution in [0, 0.1) is 0 Å². The number of phenolic OH excluding ortho intramolecular Hbond substituents is 1. The number of aromatic hydroxyl groups is 1. The van der Waals surface area contributed by atoms with Crippen LogP contribution in [0.4, 0.5) is 5.69 Å². The molecule has 6 heteroatoms. The van der Waals surface area contributed by atoms with Gasteiger partial charge in [-0.3, -0.25) is 9.69 Å². The van der Waals surface area contributed by atoms with E-state index in [0.29, 0.717) is 16.9 Å². The molecule has 0 bridgehead atoms. The number of hydrogen-bond donors (Lipinski definition) is 1. The molecule has 0 saturated carbocycles. The first-order valence-electron chi connectivity index (χ1n) is 7.83. The molecular formula is C20H16BrNO4. The fourth-order valence-electron chi connectivity index (χ4n) is 2.87. The van der Waals surface area contributed by atoms with Crippen LogP contribution >= 0.6 is 15.9 Å². The maximum atomic E-state index is 13.1. The molecule has 2 aromatic carbocycles. The number of methoxy groups -OCH3 is 1. The molecule has 1 aliphatic heterocycles. The van der Waals surface area contributed by atoms with Crippen molar-refractivity contribution in [3.05, 3.63) is 75.4 Å². The van der Waals surface area contributed by atoms with Gasteiger partial charge in [-0.15, -0.1) is 0 Å². The Morgan fingerprint density at radius 1 is 1.19 bits per heavy atom. The maximum absolute atomic E-state index is 13.1. The second-order valence-corrected chi connectivity index (χ2v) is 6.60. The summed E-state index contributed by atoms with van der Waals surface area (Å²) in [5.41, 5.74) is 1.91. The number of hydrogen-bond acceptors (Lipinski definition) is 4. The van der Waals surface area contributed by atoms with Gasteiger partial charge in [0.1, 0.15) is 5.75 Å². The van der Waals surface area contributed by atoms with E-state index in [2.05, 4.69) is 15.9 Å². The smallest absolute Gasteiger partial charge is 0.340 e. The lowest BCUT2D eigenvalue weighted by Crippen LogP contribution is -2.24. The SMILES string of the molecule is COC(=O)C1=C(C)N(c2cccc(Br)c2)C(=O)/C1=C\c1ccccc1O. The molecular weight excluding hydrogens is 398 g/mol. The van der Waals surface area contributed by atoms with Crippen LogP contribution in [0.1, 0.15) is 12.5 Å². The van der Waals surface area contributed by atoms with Crippen LogP contribution in [0.2, 0.25) is 0 Å². The normalized spacial score (nSPS) is 15.7. The molecule has 3 rings (SSSR count). The predicted octanol–water partition coefficient (Wildman–Crippen LogP) is 4.03. The summed E-state index contributed by atoms with van der Waals surface area (Å²) < 4.78 is 5.68. The number of allylic oxidation sites excluding steroid dienone is 1. The van der Waals surface area contributed by atoms with Gasteiger partial charge in [-0.2, -0.15) is 0 Å². The van der Waals surface area contributed by atoms with Gasteiger partial charge in [0.2, 0.25) is 0 Å². The lowest BCUT2D eigenvalue weighted by Gasteiger charge is -2.18. The van der Waals surface area contributed by atoms with E-state index in [-0.39, 0.29) is 22.8 Å². The molecule has 26 heavy (non-hydrogen) atoms. The number of phenols is 1. The minimum absolute atomic E-state index is 0.0237. The topological polar surface area (TPSA) is 66.8 Å². The monoisotopic (exact) mass is 413 g/mol. The first-order valence-corrected chi connectivity index (χ1v) is 8.62. The number of esters is 1. The summed E-state index contributed by atoms with van der Waals surface area (Å²) in [6, 6.07) is 13.8. The Kier molecular flexibility index (Phi) is 4.95. The minimum Gasteiger partial charge on any atom is -0.507 e. The number of rotatable bonds is 3. The van der Waals surface area contributed by atoms with Crippen molar-refractivity contribution in [2.24, 2.45) is 0 Å². The van der Waals surface area contributed by atoms with E-state index in [1.54, 1.807) is 37.3 Å². The molecule has 5 nitrogen and oxygen atoms in total. The van der Waals surface area contributed by atoms with Gasteiger partial charge in [0.25, 0.3) is 5.91 Å². The maximum Gasteiger partial charge on any atom is 0.340 e. The third kappa shape index (κ3) is 3.15. The molecule has 1 N–H and O–H groups in total. The Morgan fingerprint density at radius 2 is 1.92 bits per heavy atom. The van der Waals surface area contributed by atoms with Crippen LogP contribution in [0.3, 0.4) is 0 Å². The molecule has 132 valence electrons. The highest BCUT2D eigenvalue weighted by Crippen LogP contribution is 2.36. The molecule has 0 fully saturated rings. The van der Waals surface area contributed by atoms with Crippen molar-refractivity contribution in [2.45, 2.75) is 6.92 Å². The van der Waals surface area contributed by atoms with Gasteiger partial charge in [0, 0.05) is 15.7 Å². The number of ether oxygens (including phenoxy) is 1. The Balaban J connectivity index is 2.17. The molecule has 0 spiro atoms. The molecule has 0 saturated heterocycles. The number of halogens is 1. The third-order valence-electron chi connectivity index (χ3n) is 4.09. The number of carbonyl (C=O) groups excluding carboxylic acids is 2. The Hall–Kier alpha value is -2.86. The van der Waals surface area contributed by atoms with Gasteiger partial charge in [-0.05, 0) is 37.3 Å². The van der Waals surface area contributed by atoms with Crippen molar-refractivity contribution in [3.8, 4) is 5.75 Å². The quantitative estimate of drug-likeness (QED) is 0.609. The van der Waals surface area contributed by atoms with Crippen LogP contribution in [-0.4, -0.2) is 24.1 Å². The number of anilines is 1. The number of nitrogens with zero attached hydrogens (tertiary/aromatic N) is 1. The number of para-hydroxylation sites is 1. The zero-order valence-electron chi connectivity index (χ0n) is 14.2. The van der Waals surface area contributed by atoms with Gasteiger partial charge in [-0.25, -0.2) is 4.79 Å². The number of amides is 1. The number of carbonyl (C=O) groups is 2. The number of benzene rings is 2. The van der Waals surface area contributed by atoms with Gasteiger partial charge in [0.05, 0.1) is 23.9 Å². The molecule has 1 amide bonds. The lowest BCUT2D eigenvalue weighted by atomic mass is 10.0. The molecule has 0 unspecified atom stereocenters. The van der Waals surface area contributed by atoms with Crippen molar-refractivity contribution < 1.29 is 19.4 Å². The summed E-state index contributed by atoms with van der Waals surface area (Å²) in [6.07, 6.45) is 1.51. The van der Waals surface area contributed by atoms with Crippen molar-refractivity contribution in [1.82, 2.24) is 0 Å². The average molecular weight is 414 g/mol.